The van der Waals surface area contributed by atoms with Gasteiger partial charge in [-0.2, -0.15) is 0 Å². The van der Waals surface area contributed by atoms with Crippen LogP contribution in [-0.2, 0) is 6.54 Å². The van der Waals surface area contributed by atoms with Crippen molar-refractivity contribution in [1.82, 2.24) is 10.2 Å². The Morgan fingerprint density at radius 3 is 3.00 bits per heavy atom. The first-order valence-corrected chi connectivity index (χ1v) is 5.89. The smallest absolute Gasteiger partial charge is 0.299 e. The topological polar surface area (TPSA) is 61.0 Å². The molecule has 2 N–H and O–H groups in total. The molecule has 0 aliphatic carbocycles. The van der Waals surface area contributed by atoms with Gasteiger partial charge in [0.25, 0.3) is 5.19 Å². The lowest BCUT2D eigenvalue weighted by Gasteiger charge is -2.07. The summed E-state index contributed by atoms with van der Waals surface area (Å²) in [5.74, 6) is 0.720. The van der Waals surface area contributed by atoms with Crippen molar-refractivity contribution in [3.63, 3.8) is 0 Å². The van der Waals surface area contributed by atoms with Crippen LogP contribution in [0.1, 0.15) is 5.56 Å². The maximum atomic E-state index is 5.62. The number of halogens is 1. The Hall–Kier alpha value is -0.980. The molecule has 78 valence electrons. The molecule has 0 bridgehead atoms. The van der Waals surface area contributed by atoms with E-state index >= 15 is 0 Å². The van der Waals surface area contributed by atoms with Crippen molar-refractivity contribution in [2.45, 2.75) is 6.54 Å². The lowest BCUT2D eigenvalue weighted by atomic mass is 10.2. The highest BCUT2D eigenvalue weighted by atomic mass is 79.9. The van der Waals surface area contributed by atoms with Crippen LogP contribution in [0, 0.1) is 0 Å². The van der Waals surface area contributed by atoms with Gasteiger partial charge in [0.05, 0.1) is 0 Å². The number of benzene rings is 1. The number of rotatable bonds is 3. The minimum Gasteiger partial charge on any atom is -0.429 e. The monoisotopic (exact) mass is 285 g/mol. The predicted octanol–water partition coefficient (Wildman–Crippen LogP) is 2.55. The standard InChI is InChI=1S/C9H8BrN3OS/c10-7-1-2-8(6(3-7)4-11)14-9-13-12-5-15-9/h1-3,5H,4,11H2. The Morgan fingerprint density at radius 2 is 2.33 bits per heavy atom. The van der Waals surface area contributed by atoms with Crippen LogP contribution < -0.4 is 10.5 Å². The molecular formula is C9H8BrN3OS. The summed E-state index contributed by atoms with van der Waals surface area (Å²) in [5, 5.41) is 8.02. The fourth-order valence-corrected chi connectivity index (χ4v) is 1.93. The minimum absolute atomic E-state index is 0.424. The highest BCUT2D eigenvalue weighted by Crippen LogP contribution is 2.28. The molecule has 0 fully saturated rings. The normalized spacial score (nSPS) is 10.3. The second-order valence-electron chi connectivity index (χ2n) is 2.76. The molecule has 0 saturated carbocycles. The van der Waals surface area contributed by atoms with Crippen molar-refractivity contribution < 1.29 is 4.74 Å². The molecule has 0 unspecified atom stereocenters. The molecule has 0 aliphatic rings. The Kier molecular flexibility index (Phi) is 3.30. The van der Waals surface area contributed by atoms with E-state index < -0.39 is 0 Å². The van der Waals surface area contributed by atoms with Crippen LogP contribution in [0.3, 0.4) is 0 Å². The quantitative estimate of drug-likeness (QED) is 0.942. The van der Waals surface area contributed by atoms with E-state index in [1.165, 1.54) is 11.3 Å². The first kappa shape index (κ1) is 10.5. The lowest BCUT2D eigenvalue weighted by Crippen LogP contribution is -1.99. The second-order valence-corrected chi connectivity index (χ2v) is 4.47. The lowest BCUT2D eigenvalue weighted by molar-refractivity contribution is 0.467. The molecule has 0 radical (unpaired) electrons. The third kappa shape index (κ3) is 2.53. The average Bonchev–Trinajstić information content (AvgIpc) is 2.73. The van der Waals surface area contributed by atoms with Crippen molar-refractivity contribution in [1.29, 1.82) is 0 Å². The number of nitrogens with two attached hydrogens (primary N) is 1. The molecule has 2 aromatic rings. The maximum absolute atomic E-state index is 5.62. The molecule has 0 amide bonds. The van der Waals surface area contributed by atoms with E-state index in [1.807, 2.05) is 18.2 Å². The number of nitrogens with zero attached hydrogens (tertiary/aromatic N) is 2. The summed E-state index contributed by atoms with van der Waals surface area (Å²) in [5.41, 5.74) is 8.17. The molecule has 0 aliphatic heterocycles. The molecular weight excluding hydrogens is 278 g/mol. The summed E-state index contributed by atoms with van der Waals surface area (Å²) < 4.78 is 6.52. The molecule has 15 heavy (non-hydrogen) atoms. The summed E-state index contributed by atoms with van der Waals surface area (Å²) in [7, 11) is 0. The van der Waals surface area contributed by atoms with Crippen LogP contribution >= 0.6 is 27.3 Å². The van der Waals surface area contributed by atoms with Crippen LogP contribution in [0.4, 0.5) is 0 Å². The molecule has 6 heteroatoms. The van der Waals surface area contributed by atoms with Gasteiger partial charge < -0.3 is 10.5 Å². The van der Waals surface area contributed by atoms with Gasteiger partial charge in [-0.1, -0.05) is 32.4 Å². The van der Waals surface area contributed by atoms with E-state index in [4.69, 9.17) is 10.5 Å². The summed E-state index contributed by atoms with van der Waals surface area (Å²) in [4.78, 5) is 0. The zero-order valence-electron chi connectivity index (χ0n) is 7.68. The maximum Gasteiger partial charge on any atom is 0.299 e. The summed E-state index contributed by atoms with van der Waals surface area (Å²) >= 11 is 4.72. The van der Waals surface area contributed by atoms with Crippen molar-refractivity contribution in [2.24, 2.45) is 5.73 Å². The summed E-state index contributed by atoms with van der Waals surface area (Å²) in [6.07, 6.45) is 0. The Labute approximate surface area is 99.2 Å². The van der Waals surface area contributed by atoms with Crippen molar-refractivity contribution in [3.05, 3.63) is 33.7 Å². The third-order valence-corrected chi connectivity index (χ3v) is 2.84. The van der Waals surface area contributed by atoms with Crippen LogP contribution in [0.15, 0.2) is 28.2 Å². The Bertz CT molecular complexity index is 447. The molecule has 1 heterocycles. The summed E-state index contributed by atoms with van der Waals surface area (Å²) in [6, 6.07) is 5.68. The van der Waals surface area contributed by atoms with Gasteiger partial charge in [-0.3, -0.25) is 0 Å². The predicted molar refractivity (Wildman–Crippen MR) is 62.0 cm³/mol. The Morgan fingerprint density at radius 1 is 1.47 bits per heavy atom. The average molecular weight is 286 g/mol. The molecule has 0 saturated heterocycles. The number of hydrogen-bond acceptors (Lipinski definition) is 5. The van der Waals surface area contributed by atoms with Crippen LogP contribution in [0.25, 0.3) is 0 Å². The zero-order chi connectivity index (χ0) is 10.7. The minimum atomic E-state index is 0.424. The van der Waals surface area contributed by atoms with E-state index in [0.717, 1.165) is 15.8 Å². The summed E-state index contributed by atoms with van der Waals surface area (Å²) in [6.45, 7) is 0.424. The van der Waals surface area contributed by atoms with Gasteiger partial charge in [0, 0.05) is 16.6 Å². The van der Waals surface area contributed by atoms with Crippen molar-refractivity contribution in [2.75, 3.05) is 0 Å². The van der Waals surface area contributed by atoms with E-state index in [9.17, 15) is 0 Å². The number of hydrogen-bond donors (Lipinski definition) is 1. The van der Waals surface area contributed by atoms with Crippen molar-refractivity contribution in [3.8, 4) is 10.9 Å². The molecule has 2 rings (SSSR count). The number of ether oxygens (including phenoxy) is 1. The van der Waals surface area contributed by atoms with Gasteiger partial charge >= 0.3 is 0 Å². The van der Waals surface area contributed by atoms with Crippen molar-refractivity contribution >= 4 is 27.3 Å². The first-order valence-electron chi connectivity index (χ1n) is 4.22. The van der Waals surface area contributed by atoms with Crippen LogP contribution in [0.2, 0.25) is 0 Å². The molecule has 1 aromatic carbocycles. The van der Waals surface area contributed by atoms with E-state index in [0.29, 0.717) is 11.7 Å². The highest BCUT2D eigenvalue weighted by molar-refractivity contribution is 9.10. The van der Waals surface area contributed by atoms with Gasteiger partial charge in [-0.15, -0.1) is 5.10 Å². The second kappa shape index (κ2) is 4.69. The highest BCUT2D eigenvalue weighted by Gasteiger charge is 2.06. The van der Waals surface area contributed by atoms with E-state index in [1.54, 1.807) is 5.51 Å². The van der Waals surface area contributed by atoms with Crippen LogP contribution in [0.5, 0.6) is 10.9 Å². The fourth-order valence-electron chi connectivity index (χ4n) is 1.11. The molecule has 0 atom stereocenters. The fraction of sp³-hybridized carbons (Fsp3) is 0.111. The largest absolute Gasteiger partial charge is 0.429 e. The van der Waals surface area contributed by atoms with E-state index in [2.05, 4.69) is 26.1 Å². The van der Waals surface area contributed by atoms with Gasteiger partial charge in [-0.05, 0) is 18.2 Å². The van der Waals surface area contributed by atoms with Gasteiger partial charge in [0.15, 0.2) is 0 Å². The first-order chi connectivity index (χ1) is 7.29. The third-order valence-electron chi connectivity index (χ3n) is 1.78. The SMILES string of the molecule is NCc1cc(Br)ccc1Oc1nncs1. The molecule has 0 spiro atoms. The number of aromatic nitrogens is 2. The zero-order valence-corrected chi connectivity index (χ0v) is 10.1. The van der Waals surface area contributed by atoms with E-state index in [-0.39, 0.29) is 0 Å². The van der Waals surface area contributed by atoms with Gasteiger partial charge in [0.2, 0.25) is 0 Å². The van der Waals surface area contributed by atoms with Gasteiger partial charge in [-0.25, -0.2) is 0 Å². The molecule has 1 aromatic heterocycles. The van der Waals surface area contributed by atoms with Gasteiger partial charge in [0.1, 0.15) is 11.3 Å². The Balaban J connectivity index is 2.28. The molecule has 4 nitrogen and oxygen atoms in total. The van der Waals surface area contributed by atoms with Crippen LogP contribution in [-0.4, -0.2) is 10.2 Å².